The molecular formula is C17H19N5O3. The molecule has 130 valence electrons. The van der Waals surface area contributed by atoms with Crippen LogP contribution in [0.15, 0.2) is 42.5 Å². The van der Waals surface area contributed by atoms with E-state index in [0.717, 1.165) is 6.42 Å². The zero-order valence-electron chi connectivity index (χ0n) is 13.7. The van der Waals surface area contributed by atoms with Crippen molar-refractivity contribution in [2.75, 3.05) is 31.1 Å². The predicted octanol–water partition coefficient (Wildman–Crippen LogP) is 2.25. The van der Waals surface area contributed by atoms with Crippen molar-refractivity contribution in [3.05, 3.63) is 52.6 Å². The first-order valence-electron chi connectivity index (χ1n) is 8.06. The van der Waals surface area contributed by atoms with Gasteiger partial charge in [-0.25, -0.2) is 9.78 Å². The number of hydrogen-bond donors (Lipinski definition) is 1. The molecule has 1 saturated heterocycles. The van der Waals surface area contributed by atoms with Crippen molar-refractivity contribution in [3.63, 3.8) is 0 Å². The quantitative estimate of drug-likeness (QED) is 0.681. The Hall–Kier alpha value is -3.16. The Kier molecular flexibility index (Phi) is 4.78. The number of benzene rings is 1. The first kappa shape index (κ1) is 16.7. The maximum Gasteiger partial charge on any atom is 0.314 e. The van der Waals surface area contributed by atoms with Crippen molar-refractivity contribution in [2.45, 2.75) is 6.42 Å². The predicted molar refractivity (Wildman–Crippen MR) is 94.3 cm³/mol. The fourth-order valence-electron chi connectivity index (χ4n) is 2.94. The number of amides is 2. The van der Waals surface area contributed by atoms with E-state index in [0.29, 0.717) is 43.3 Å². The molecule has 1 fully saturated rings. The third-order valence-corrected chi connectivity index (χ3v) is 4.23. The summed E-state index contributed by atoms with van der Waals surface area (Å²) in [5.74, 6) is 0.663. The van der Waals surface area contributed by atoms with Crippen LogP contribution in [0, 0.1) is 10.1 Å². The van der Waals surface area contributed by atoms with Gasteiger partial charge in [0.05, 0.1) is 4.92 Å². The van der Waals surface area contributed by atoms with Gasteiger partial charge in [0, 0.05) is 37.8 Å². The third kappa shape index (κ3) is 3.68. The highest BCUT2D eigenvalue weighted by atomic mass is 16.6. The topological polar surface area (TPSA) is 106 Å². The van der Waals surface area contributed by atoms with Crippen LogP contribution in [0.3, 0.4) is 0 Å². The van der Waals surface area contributed by atoms with Gasteiger partial charge < -0.3 is 15.5 Å². The molecule has 0 radical (unpaired) electrons. The smallest absolute Gasteiger partial charge is 0.314 e. The van der Waals surface area contributed by atoms with E-state index >= 15 is 0 Å². The molecule has 2 N–H and O–H groups in total. The Morgan fingerprint density at radius 3 is 2.52 bits per heavy atom. The summed E-state index contributed by atoms with van der Waals surface area (Å²) >= 11 is 0. The molecule has 2 amide bonds. The number of urea groups is 1. The molecule has 3 rings (SSSR count). The highest BCUT2D eigenvalue weighted by Crippen LogP contribution is 2.30. The van der Waals surface area contributed by atoms with Crippen LogP contribution in [0.5, 0.6) is 0 Å². The van der Waals surface area contributed by atoms with E-state index < -0.39 is 11.0 Å². The van der Waals surface area contributed by atoms with Crippen LogP contribution in [0.4, 0.5) is 16.3 Å². The summed E-state index contributed by atoms with van der Waals surface area (Å²) < 4.78 is 0. The van der Waals surface area contributed by atoms with E-state index in [1.165, 1.54) is 6.07 Å². The molecule has 0 aliphatic carbocycles. The Balaban J connectivity index is 1.93. The maximum absolute atomic E-state index is 11.3. The van der Waals surface area contributed by atoms with Crippen molar-refractivity contribution in [3.8, 4) is 11.3 Å². The van der Waals surface area contributed by atoms with Crippen LogP contribution in [0.2, 0.25) is 0 Å². The van der Waals surface area contributed by atoms with Gasteiger partial charge in [0.15, 0.2) is 5.69 Å². The zero-order valence-corrected chi connectivity index (χ0v) is 13.7. The maximum atomic E-state index is 11.3. The molecule has 2 heterocycles. The van der Waals surface area contributed by atoms with Crippen molar-refractivity contribution in [2.24, 2.45) is 5.73 Å². The first-order valence-corrected chi connectivity index (χ1v) is 8.06. The van der Waals surface area contributed by atoms with E-state index in [-0.39, 0.29) is 5.69 Å². The van der Waals surface area contributed by atoms with Crippen molar-refractivity contribution in [1.29, 1.82) is 0 Å². The molecule has 8 heteroatoms. The third-order valence-electron chi connectivity index (χ3n) is 4.23. The average molecular weight is 341 g/mol. The van der Waals surface area contributed by atoms with Gasteiger partial charge in [-0.3, -0.25) is 10.1 Å². The Bertz CT molecular complexity index is 781. The lowest BCUT2D eigenvalue weighted by Gasteiger charge is -2.22. The molecule has 1 aliphatic heterocycles. The summed E-state index contributed by atoms with van der Waals surface area (Å²) in [5.41, 5.74) is 6.37. The molecule has 2 aromatic rings. The molecule has 0 saturated carbocycles. The standard InChI is InChI=1S/C17H19N5O3/c18-17(23)21-10-4-9-20(11-12-21)15-8-7-14(22(24)25)16(19-15)13-5-2-1-3-6-13/h1-3,5-8H,4,9-12H2,(H2,18,23). The summed E-state index contributed by atoms with van der Waals surface area (Å²) in [6, 6.07) is 11.8. The monoisotopic (exact) mass is 341 g/mol. The van der Waals surface area contributed by atoms with Gasteiger partial charge in [0.2, 0.25) is 0 Å². The first-order chi connectivity index (χ1) is 12.1. The lowest BCUT2D eigenvalue weighted by molar-refractivity contribution is -0.384. The van der Waals surface area contributed by atoms with Gasteiger partial charge >= 0.3 is 6.03 Å². The number of carbonyl (C=O) groups excluding carboxylic acids is 1. The molecule has 1 aliphatic rings. The Morgan fingerprint density at radius 1 is 1.08 bits per heavy atom. The van der Waals surface area contributed by atoms with E-state index in [1.54, 1.807) is 23.1 Å². The van der Waals surface area contributed by atoms with E-state index in [4.69, 9.17) is 5.73 Å². The summed E-state index contributed by atoms with van der Waals surface area (Å²) in [5, 5.41) is 11.3. The fraction of sp³-hybridized carbons (Fsp3) is 0.294. The van der Waals surface area contributed by atoms with Crippen LogP contribution in [-0.4, -0.2) is 47.0 Å². The van der Waals surface area contributed by atoms with Crippen molar-refractivity contribution < 1.29 is 9.72 Å². The molecule has 0 bridgehead atoms. The lowest BCUT2D eigenvalue weighted by Crippen LogP contribution is -2.38. The number of carbonyl (C=O) groups is 1. The number of rotatable bonds is 3. The second-order valence-electron chi connectivity index (χ2n) is 5.83. The molecule has 1 aromatic heterocycles. The van der Waals surface area contributed by atoms with Crippen molar-refractivity contribution in [1.82, 2.24) is 9.88 Å². The van der Waals surface area contributed by atoms with Crippen LogP contribution in [0.1, 0.15) is 6.42 Å². The number of aromatic nitrogens is 1. The highest BCUT2D eigenvalue weighted by Gasteiger charge is 2.22. The van der Waals surface area contributed by atoms with Crippen LogP contribution in [0.25, 0.3) is 11.3 Å². The second-order valence-corrected chi connectivity index (χ2v) is 5.83. The number of nitrogens with two attached hydrogens (primary N) is 1. The minimum atomic E-state index is -0.427. The summed E-state index contributed by atoms with van der Waals surface area (Å²) in [7, 11) is 0. The molecule has 25 heavy (non-hydrogen) atoms. The van der Waals surface area contributed by atoms with E-state index in [9.17, 15) is 14.9 Å². The van der Waals surface area contributed by atoms with Crippen LogP contribution in [-0.2, 0) is 0 Å². The number of hydrogen-bond acceptors (Lipinski definition) is 5. The molecule has 0 atom stereocenters. The van der Waals surface area contributed by atoms with Crippen LogP contribution >= 0.6 is 0 Å². The summed E-state index contributed by atoms with van der Waals surface area (Å²) in [6.45, 7) is 2.41. The number of anilines is 1. The fourth-order valence-corrected chi connectivity index (χ4v) is 2.94. The van der Waals surface area contributed by atoms with Crippen LogP contribution < -0.4 is 10.6 Å². The normalized spacial score (nSPS) is 14.9. The number of nitrogens with zero attached hydrogens (tertiary/aromatic N) is 4. The minimum Gasteiger partial charge on any atom is -0.355 e. The summed E-state index contributed by atoms with van der Waals surface area (Å²) in [4.78, 5) is 30.5. The zero-order chi connectivity index (χ0) is 17.8. The summed E-state index contributed by atoms with van der Waals surface area (Å²) in [6.07, 6.45) is 0.766. The van der Waals surface area contributed by atoms with Gasteiger partial charge in [-0.1, -0.05) is 30.3 Å². The van der Waals surface area contributed by atoms with E-state index in [2.05, 4.69) is 4.98 Å². The van der Waals surface area contributed by atoms with Gasteiger partial charge in [0.1, 0.15) is 5.82 Å². The minimum absolute atomic E-state index is 0.0245. The Labute approximate surface area is 145 Å². The van der Waals surface area contributed by atoms with Crippen molar-refractivity contribution >= 4 is 17.5 Å². The molecule has 0 spiro atoms. The second kappa shape index (κ2) is 7.16. The molecule has 8 nitrogen and oxygen atoms in total. The number of nitro groups is 1. The van der Waals surface area contributed by atoms with E-state index in [1.807, 2.05) is 23.1 Å². The lowest BCUT2D eigenvalue weighted by atomic mass is 10.1. The number of pyridine rings is 1. The number of primary amides is 1. The molecule has 1 aromatic carbocycles. The van der Waals surface area contributed by atoms with Gasteiger partial charge in [-0.15, -0.1) is 0 Å². The SMILES string of the molecule is NC(=O)N1CCCN(c2ccc([N+](=O)[O-])c(-c3ccccc3)n2)CC1. The highest BCUT2D eigenvalue weighted by molar-refractivity contribution is 5.73. The average Bonchev–Trinajstić information content (AvgIpc) is 2.88. The molecular weight excluding hydrogens is 322 g/mol. The Morgan fingerprint density at radius 2 is 1.84 bits per heavy atom. The largest absolute Gasteiger partial charge is 0.355 e. The van der Waals surface area contributed by atoms with Gasteiger partial charge in [0.25, 0.3) is 5.69 Å². The van der Waals surface area contributed by atoms with Gasteiger partial charge in [-0.2, -0.15) is 0 Å². The van der Waals surface area contributed by atoms with Gasteiger partial charge in [-0.05, 0) is 12.5 Å². The molecule has 0 unspecified atom stereocenters.